The van der Waals surface area contributed by atoms with E-state index in [0.29, 0.717) is 17.5 Å². The number of carbonyl (C=O) groups is 2. The van der Waals surface area contributed by atoms with Gasteiger partial charge in [0.05, 0.1) is 11.1 Å². The number of benzene rings is 1. The van der Waals surface area contributed by atoms with E-state index < -0.39 is 0 Å². The molecule has 5 nitrogen and oxygen atoms in total. The Morgan fingerprint density at radius 1 is 1.18 bits per heavy atom. The maximum Gasteiger partial charge on any atom is 0.259 e. The zero-order valence-electron chi connectivity index (χ0n) is 8.86. The summed E-state index contributed by atoms with van der Waals surface area (Å²) in [6.07, 6.45) is 3.89. The van der Waals surface area contributed by atoms with Gasteiger partial charge in [0.2, 0.25) is 0 Å². The van der Waals surface area contributed by atoms with Gasteiger partial charge in [0, 0.05) is 18.8 Å². The molecule has 0 saturated carbocycles. The number of aromatic amines is 1. The first kappa shape index (κ1) is 9.77. The molecule has 0 atom stereocenters. The summed E-state index contributed by atoms with van der Waals surface area (Å²) in [6.45, 7) is 0. The number of nitrogens with zero attached hydrogens (tertiary/aromatic N) is 1. The molecule has 0 fully saturated rings. The Morgan fingerprint density at radius 2 is 2.06 bits per heavy atom. The van der Waals surface area contributed by atoms with Crippen LogP contribution in [0, 0.1) is 0 Å². The zero-order valence-corrected chi connectivity index (χ0v) is 8.86. The van der Waals surface area contributed by atoms with E-state index in [1.807, 2.05) is 6.07 Å². The molecule has 0 spiro atoms. The van der Waals surface area contributed by atoms with E-state index in [1.54, 1.807) is 24.5 Å². The summed E-state index contributed by atoms with van der Waals surface area (Å²) in [5, 5.41) is 2.29. The minimum Gasteiger partial charge on any atom is -0.348 e. The van der Waals surface area contributed by atoms with Crippen molar-refractivity contribution in [1.29, 1.82) is 0 Å². The van der Waals surface area contributed by atoms with Gasteiger partial charge in [0.1, 0.15) is 5.82 Å². The Morgan fingerprint density at radius 3 is 2.82 bits per heavy atom. The predicted molar refractivity (Wildman–Crippen MR) is 59.6 cm³/mol. The van der Waals surface area contributed by atoms with E-state index in [-0.39, 0.29) is 11.8 Å². The van der Waals surface area contributed by atoms with Crippen LogP contribution in [0.3, 0.4) is 0 Å². The second-order valence-corrected chi connectivity index (χ2v) is 3.84. The molecule has 84 valence electrons. The quantitative estimate of drug-likeness (QED) is 0.748. The first-order valence-electron chi connectivity index (χ1n) is 5.21. The van der Waals surface area contributed by atoms with Crippen molar-refractivity contribution in [3.8, 4) is 0 Å². The molecule has 0 radical (unpaired) electrons. The number of aromatic nitrogens is 2. The second kappa shape index (κ2) is 3.55. The van der Waals surface area contributed by atoms with Crippen LogP contribution in [0.4, 0.5) is 0 Å². The number of hydrogen-bond acceptors (Lipinski definition) is 3. The highest BCUT2D eigenvalue weighted by Gasteiger charge is 2.28. The molecule has 1 aliphatic rings. The van der Waals surface area contributed by atoms with Gasteiger partial charge in [-0.2, -0.15) is 0 Å². The Labute approximate surface area is 96.9 Å². The van der Waals surface area contributed by atoms with E-state index in [4.69, 9.17) is 0 Å². The second-order valence-electron chi connectivity index (χ2n) is 3.84. The summed E-state index contributed by atoms with van der Waals surface area (Å²) >= 11 is 0. The molecule has 0 saturated heterocycles. The molecule has 2 aromatic rings. The van der Waals surface area contributed by atoms with Gasteiger partial charge in [-0.15, -0.1) is 0 Å². The summed E-state index contributed by atoms with van der Waals surface area (Å²) in [4.78, 5) is 30.2. The van der Waals surface area contributed by atoms with E-state index in [2.05, 4.69) is 15.3 Å². The van der Waals surface area contributed by atoms with Gasteiger partial charge in [-0.1, -0.05) is 12.1 Å². The first-order valence-corrected chi connectivity index (χ1v) is 5.21. The molecular weight excluding hydrogens is 218 g/mol. The van der Waals surface area contributed by atoms with Crippen molar-refractivity contribution in [2.24, 2.45) is 0 Å². The van der Waals surface area contributed by atoms with Crippen molar-refractivity contribution >= 4 is 11.8 Å². The van der Waals surface area contributed by atoms with Crippen LogP contribution in [0.2, 0.25) is 0 Å². The number of hydrogen-bond donors (Lipinski definition) is 2. The van der Waals surface area contributed by atoms with Crippen LogP contribution in [-0.4, -0.2) is 21.8 Å². The van der Waals surface area contributed by atoms with E-state index >= 15 is 0 Å². The van der Waals surface area contributed by atoms with Crippen molar-refractivity contribution in [2.45, 2.75) is 6.42 Å². The van der Waals surface area contributed by atoms with E-state index in [1.165, 1.54) is 0 Å². The number of nitrogens with one attached hydrogen (secondary N) is 2. The van der Waals surface area contributed by atoms with Crippen LogP contribution in [-0.2, 0) is 6.42 Å². The average molecular weight is 227 g/mol. The van der Waals surface area contributed by atoms with Crippen molar-refractivity contribution in [1.82, 2.24) is 15.3 Å². The fourth-order valence-electron chi connectivity index (χ4n) is 2.01. The number of imidazole rings is 1. The van der Waals surface area contributed by atoms with E-state index in [0.717, 1.165) is 11.4 Å². The first-order chi connectivity index (χ1) is 8.25. The van der Waals surface area contributed by atoms with Gasteiger partial charge in [0.15, 0.2) is 0 Å². The van der Waals surface area contributed by atoms with Gasteiger partial charge in [-0.3, -0.25) is 14.9 Å². The van der Waals surface area contributed by atoms with Crippen molar-refractivity contribution in [3.63, 3.8) is 0 Å². The average Bonchev–Trinajstić information content (AvgIpc) is 2.90. The molecule has 1 aromatic heterocycles. The molecule has 0 aliphatic carbocycles. The summed E-state index contributed by atoms with van der Waals surface area (Å²) in [6, 6.07) is 5.26. The number of H-pyrrole nitrogens is 1. The number of carbonyl (C=O) groups excluding carboxylic acids is 2. The van der Waals surface area contributed by atoms with Gasteiger partial charge >= 0.3 is 0 Å². The Balaban J connectivity index is 2.07. The lowest BCUT2D eigenvalue weighted by Gasteiger charge is -2.03. The largest absolute Gasteiger partial charge is 0.348 e. The van der Waals surface area contributed by atoms with Crippen LogP contribution >= 0.6 is 0 Å². The lowest BCUT2D eigenvalue weighted by molar-refractivity contribution is 0.0879. The SMILES string of the molecule is O=C1NC(=O)c2c(Cc3ncc[nH]3)cccc21. The molecule has 0 bridgehead atoms. The minimum absolute atomic E-state index is 0.327. The third-order valence-corrected chi connectivity index (χ3v) is 2.76. The van der Waals surface area contributed by atoms with Crippen LogP contribution in [0.15, 0.2) is 30.6 Å². The van der Waals surface area contributed by atoms with Gasteiger partial charge in [-0.05, 0) is 11.6 Å². The standard InChI is InChI=1S/C12H9N3O2/c16-11-8-3-1-2-7(10(8)12(17)15-11)6-9-13-4-5-14-9/h1-5H,6H2,(H,13,14)(H,15,16,17). The molecule has 0 unspecified atom stereocenters. The topological polar surface area (TPSA) is 74.8 Å². The lowest BCUT2D eigenvalue weighted by Crippen LogP contribution is -2.20. The van der Waals surface area contributed by atoms with Crippen molar-refractivity contribution in [3.05, 3.63) is 53.1 Å². The van der Waals surface area contributed by atoms with Crippen molar-refractivity contribution < 1.29 is 9.59 Å². The summed E-state index contributed by atoms with van der Waals surface area (Å²) in [7, 11) is 0. The monoisotopic (exact) mass is 227 g/mol. The van der Waals surface area contributed by atoms with Crippen molar-refractivity contribution in [2.75, 3.05) is 0 Å². The van der Waals surface area contributed by atoms with Gasteiger partial charge in [0.25, 0.3) is 11.8 Å². The Hall–Kier alpha value is -2.43. The minimum atomic E-state index is -0.328. The highest BCUT2D eigenvalue weighted by atomic mass is 16.2. The summed E-state index contributed by atoms with van der Waals surface area (Å²) < 4.78 is 0. The van der Waals surface area contributed by atoms with Gasteiger partial charge in [-0.25, -0.2) is 4.98 Å². The third kappa shape index (κ3) is 1.52. The van der Waals surface area contributed by atoms with Crippen LogP contribution in [0.1, 0.15) is 32.1 Å². The van der Waals surface area contributed by atoms with Crippen LogP contribution < -0.4 is 5.32 Å². The van der Waals surface area contributed by atoms with E-state index in [9.17, 15) is 9.59 Å². The number of rotatable bonds is 2. The fraction of sp³-hybridized carbons (Fsp3) is 0.0833. The zero-order chi connectivity index (χ0) is 11.8. The predicted octanol–water partition coefficient (Wildman–Crippen LogP) is 0.884. The molecule has 1 aromatic carbocycles. The summed E-state index contributed by atoms with van der Waals surface area (Å²) in [5.74, 6) is 0.115. The van der Waals surface area contributed by atoms with Gasteiger partial charge < -0.3 is 4.98 Å². The number of imide groups is 1. The molecular formula is C12H9N3O2. The fourth-order valence-corrected chi connectivity index (χ4v) is 2.01. The molecule has 5 heteroatoms. The lowest BCUT2D eigenvalue weighted by atomic mass is 10.0. The molecule has 2 heterocycles. The third-order valence-electron chi connectivity index (χ3n) is 2.76. The maximum absolute atomic E-state index is 11.7. The number of amides is 2. The molecule has 3 rings (SSSR count). The maximum atomic E-state index is 11.7. The molecule has 17 heavy (non-hydrogen) atoms. The Kier molecular flexibility index (Phi) is 2.04. The molecule has 1 aliphatic heterocycles. The summed E-state index contributed by atoms with van der Waals surface area (Å²) in [5.41, 5.74) is 1.72. The van der Waals surface area contributed by atoms with Crippen LogP contribution in [0.5, 0.6) is 0 Å². The molecule has 2 N–H and O–H groups in total. The Bertz CT molecular complexity index is 602. The normalized spacial score (nSPS) is 13.6. The highest BCUT2D eigenvalue weighted by molar-refractivity contribution is 6.22. The highest BCUT2D eigenvalue weighted by Crippen LogP contribution is 2.21. The van der Waals surface area contributed by atoms with Crippen LogP contribution in [0.25, 0.3) is 0 Å². The molecule has 2 amide bonds. The number of fused-ring (bicyclic) bond motifs is 1. The smallest absolute Gasteiger partial charge is 0.259 e.